The van der Waals surface area contributed by atoms with E-state index >= 15 is 0 Å². The van der Waals surface area contributed by atoms with Gasteiger partial charge in [0, 0.05) is 11.9 Å². The number of aromatic nitrogens is 1. The molecule has 0 bridgehead atoms. The Balaban J connectivity index is 1.52. The minimum atomic E-state index is 0.892. The van der Waals surface area contributed by atoms with E-state index in [0.29, 0.717) is 0 Å². The maximum Gasteiger partial charge on any atom is 0.117 e. The SMILES string of the molecule is CN1CCC(CCNc2snc3ccccc23)CC1. The molecule has 0 unspecified atom stereocenters. The Bertz CT molecular complexity index is 529. The highest BCUT2D eigenvalue weighted by Crippen LogP contribution is 2.27. The number of piperidine rings is 1. The molecule has 2 aromatic rings. The van der Waals surface area contributed by atoms with E-state index in [9.17, 15) is 0 Å². The molecule has 19 heavy (non-hydrogen) atoms. The molecule has 1 aromatic heterocycles. The molecule has 3 nitrogen and oxygen atoms in total. The third-order valence-corrected chi connectivity index (χ3v) is 4.90. The number of hydrogen-bond acceptors (Lipinski definition) is 4. The molecule has 0 aliphatic carbocycles. The van der Waals surface area contributed by atoms with E-state index in [-0.39, 0.29) is 0 Å². The number of likely N-dealkylation sites (tertiary alicyclic amines) is 1. The van der Waals surface area contributed by atoms with E-state index < -0.39 is 0 Å². The summed E-state index contributed by atoms with van der Waals surface area (Å²) in [6.07, 6.45) is 3.98. The van der Waals surface area contributed by atoms with Crippen LogP contribution in [0.1, 0.15) is 19.3 Å². The highest BCUT2D eigenvalue weighted by Gasteiger charge is 2.16. The second-order valence-electron chi connectivity index (χ2n) is 5.49. The average molecular weight is 275 g/mol. The zero-order valence-corrected chi connectivity index (χ0v) is 12.2. The van der Waals surface area contributed by atoms with Gasteiger partial charge >= 0.3 is 0 Å². The van der Waals surface area contributed by atoms with Crippen LogP contribution in [0.4, 0.5) is 5.00 Å². The van der Waals surface area contributed by atoms with Crippen LogP contribution in [0.25, 0.3) is 10.9 Å². The third-order valence-electron chi connectivity index (χ3n) is 4.06. The smallest absolute Gasteiger partial charge is 0.117 e. The minimum Gasteiger partial charge on any atom is -0.375 e. The number of anilines is 1. The Hall–Kier alpha value is -1.13. The average Bonchev–Trinajstić information content (AvgIpc) is 2.85. The lowest BCUT2D eigenvalue weighted by Gasteiger charge is -2.28. The standard InChI is InChI=1S/C15H21N3S/c1-18-10-7-12(8-11-18)6-9-16-15-13-4-2-3-5-14(13)17-19-15/h2-5,12,16H,6-11H2,1H3. The molecule has 1 saturated heterocycles. The van der Waals surface area contributed by atoms with Gasteiger partial charge < -0.3 is 10.2 Å². The van der Waals surface area contributed by atoms with Crippen molar-refractivity contribution in [2.45, 2.75) is 19.3 Å². The number of benzene rings is 1. The molecular formula is C15H21N3S. The quantitative estimate of drug-likeness (QED) is 0.926. The maximum absolute atomic E-state index is 4.47. The molecule has 102 valence electrons. The highest BCUT2D eigenvalue weighted by molar-refractivity contribution is 7.11. The van der Waals surface area contributed by atoms with Gasteiger partial charge in [0.2, 0.25) is 0 Å². The van der Waals surface area contributed by atoms with E-state index in [4.69, 9.17) is 0 Å². The van der Waals surface area contributed by atoms with Gasteiger partial charge in [0.05, 0.1) is 5.52 Å². The van der Waals surface area contributed by atoms with E-state index in [0.717, 1.165) is 18.0 Å². The van der Waals surface area contributed by atoms with Crippen molar-refractivity contribution < 1.29 is 0 Å². The molecule has 0 spiro atoms. The lowest BCUT2D eigenvalue weighted by Crippen LogP contribution is -2.30. The zero-order valence-electron chi connectivity index (χ0n) is 11.4. The molecule has 1 aliphatic rings. The first-order valence-corrected chi connectivity index (χ1v) is 7.87. The van der Waals surface area contributed by atoms with Gasteiger partial charge in [-0.1, -0.05) is 12.1 Å². The first kappa shape index (κ1) is 12.9. The zero-order chi connectivity index (χ0) is 13.1. The number of nitrogens with zero attached hydrogens (tertiary/aromatic N) is 2. The molecule has 0 radical (unpaired) electrons. The van der Waals surface area contributed by atoms with Crippen LogP contribution >= 0.6 is 11.5 Å². The fourth-order valence-corrected chi connectivity index (χ4v) is 3.54. The van der Waals surface area contributed by atoms with Crippen molar-refractivity contribution >= 4 is 27.4 Å². The second kappa shape index (κ2) is 5.88. The summed E-state index contributed by atoms with van der Waals surface area (Å²) in [5.74, 6) is 0.892. The summed E-state index contributed by atoms with van der Waals surface area (Å²) in [4.78, 5) is 2.43. The summed E-state index contributed by atoms with van der Waals surface area (Å²) in [6.45, 7) is 3.59. The van der Waals surface area contributed by atoms with Crippen molar-refractivity contribution in [1.29, 1.82) is 0 Å². The van der Waals surface area contributed by atoms with Crippen LogP contribution in [0.2, 0.25) is 0 Å². The van der Waals surface area contributed by atoms with E-state index in [2.05, 4.69) is 39.8 Å². The molecule has 1 N–H and O–H groups in total. The molecule has 4 heteroatoms. The Morgan fingerprint density at radius 2 is 2.11 bits per heavy atom. The van der Waals surface area contributed by atoms with Crippen LogP contribution in [0, 0.1) is 5.92 Å². The second-order valence-corrected chi connectivity index (χ2v) is 6.26. The van der Waals surface area contributed by atoms with Crippen molar-refractivity contribution in [3.63, 3.8) is 0 Å². The van der Waals surface area contributed by atoms with Crippen LogP contribution in [0.3, 0.4) is 0 Å². The number of fused-ring (bicyclic) bond motifs is 1. The molecule has 0 amide bonds. The Labute approximate surface area is 118 Å². The van der Waals surface area contributed by atoms with Gasteiger partial charge in [0.1, 0.15) is 5.00 Å². The topological polar surface area (TPSA) is 28.2 Å². The van der Waals surface area contributed by atoms with E-state index in [1.165, 1.54) is 42.7 Å². The van der Waals surface area contributed by atoms with Gasteiger partial charge in [0.25, 0.3) is 0 Å². The molecule has 1 fully saturated rings. The fraction of sp³-hybridized carbons (Fsp3) is 0.533. The van der Waals surface area contributed by atoms with Gasteiger partial charge in [-0.25, -0.2) is 0 Å². The van der Waals surface area contributed by atoms with Gasteiger partial charge in [-0.2, -0.15) is 4.37 Å². The predicted octanol–water partition coefficient (Wildman–Crippen LogP) is 3.44. The predicted molar refractivity (Wildman–Crippen MR) is 82.9 cm³/mol. The first-order valence-electron chi connectivity index (χ1n) is 7.10. The summed E-state index contributed by atoms with van der Waals surface area (Å²) in [5, 5.41) is 6.05. The lowest BCUT2D eigenvalue weighted by atomic mass is 9.94. The van der Waals surface area contributed by atoms with Crippen molar-refractivity contribution in [2.75, 3.05) is 32.0 Å². The summed E-state index contributed by atoms with van der Waals surface area (Å²) >= 11 is 1.58. The molecule has 0 atom stereocenters. The van der Waals surface area contributed by atoms with E-state index in [1.54, 1.807) is 11.5 Å². The largest absolute Gasteiger partial charge is 0.375 e. The van der Waals surface area contributed by atoms with Crippen molar-refractivity contribution in [1.82, 2.24) is 9.27 Å². The number of rotatable bonds is 4. The molecule has 1 aromatic carbocycles. The van der Waals surface area contributed by atoms with Crippen LogP contribution < -0.4 is 5.32 Å². The first-order chi connectivity index (χ1) is 9.33. The monoisotopic (exact) mass is 275 g/mol. The van der Waals surface area contributed by atoms with Gasteiger partial charge in [-0.05, 0) is 69.0 Å². The highest BCUT2D eigenvalue weighted by atomic mass is 32.1. The molecule has 0 saturated carbocycles. The van der Waals surface area contributed by atoms with E-state index in [1.807, 2.05) is 6.07 Å². The summed E-state index contributed by atoms with van der Waals surface area (Å²) in [6, 6.07) is 8.36. The number of hydrogen-bond donors (Lipinski definition) is 1. The summed E-state index contributed by atoms with van der Waals surface area (Å²) < 4.78 is 4.47. The van der Waals surface area contributed by atoms with Gasteiger partial charge in [-0.3, -0.25) is 0 Å². The van der Waals surface area contributed by atoms with Crippen LogP contribution in [0.5, 0.6) is 0 Å². The normalized spacial score (nSPS) is 17.9. The Kier molecular flexibility index (Phi) is 3.99. The van der Waals surface area contributed by atoms with Crippen molar-refractivity contribution in [2.24, 2.45) is 5.92 Å². The lowest BCUT2D eigenvalue weighted by molar-refractivity contribution is 0.215. The van der Waals surface area contributed by atoms with Crippen LogP contribution in [-0.4, -0.2) is 36.0 Å². The Morgan fingerprint density at radius 3 is 2.95 bits per heavy atom. The maximum atomic E-state index is 4.47. The summed E-state index contributed by atoms with van der Waals surface area (Å²) in [5.41, 5.74) is 1.11. The number of nitrogens with one attached hydrogen (secondary N) is 1. The molecule has 1 aliphatic heterocycles. The molecular weight excluding hydrogens is 254 g/mol. The van der Waals surface area contributed by atoms with Crippen molar-refractivity contribution in [3.8, 4) is 0 Å². The van der Waals surface area contributed by atoms with Crippen molar-refractivity contribution in [3.05, 3.63) is 24.3 Å². The van der Waals surface area contributed by atoms with Gasteiger partial charge in [-0.15, -0.1) is 0 Å². The molecule has 2 heterocycles. The molecule has 3 rings (SSSR count). The van der Waals surface area contributed by atoms with Crippen LogP contribution in [-0.2, 0) is 0 Å². The summed E-state index contributed by atoms with van der Waals surface area (Å²) in [7, 11) is 2.22. The Morgan fingerprint density at radius 1 is 1.32 bits per heavy atom. The van der Waals surface area contributed by atoms with Crippen LogP contribution in [0.15, 0.2) is 24.3 Å². The third kappa shape index (κ3) is 3.07. The van der Waals surface area contributed by atoms with Gasteiger partial charge in [0.15, 0.2) is 0 Å². The fourth-order valence-electron chi connectivity index (χ4n) is 2.76. The minimum absolute atomic E-state index is 0.892.